The van der Waals surface area contributed by atoms with Crippen LogP contribution in [0.5, 0.6) is 5.75 Å². The van der Waals surface area contributed by atoms with Crippen molar-refractivity contribution in [1.82, 2.24) is 20.9 Å². The van der Waals surface area contributed by atoms with Crippen molar-refractivity contribution in [1.29, 1.82) is 5.41 Å². The highest BCUT2D eigenvalue weighted by Crippen LogP contribution is 2.59. The zero-order valence-corrected chi connectivity index (χ0v) is 21.1. The van der Waals surface area contributed by atoms with Gasteiger partial charge in [0.1, 0.15) is 17.6 Å². The van der Waals surface area contributed by atoms with E-state index in [1.165, 1.54) is 11.3 Å². The molecule has 1 aromatic heterocycles. The SMILES string of the molecule is C[C@@]12C[C@@H]1N(C(=O)CNC(=O)CCOc1ccccc1)[C@H](C(=O)NCc1cc(C(=N)NC(=O)O)cs1)C2. The number of para-hydroxylation sites is 1. The Bertz CT molecular complexity index is 1200. The second kappa shape index (κ2) is 11.0. The van der Waals surface area contributed by atoms with Crippen LogP contribution in [-0.4, -0.2) is 64.9 Å². The molecule has 2 aromatic rings. The molecule has 3 atom stereocenters. The molecule has 1 aliphatic carbocycles. The van der Waals surface area contributed by atoms with Crippen LogP contribution in [0.3, 0.4) is 0 Å². The summed E-state index contributed by atoms with van der Waals surface area (Å²) in [5.41, 5.74) is 0.312. The Morgan fingerprint density at radius 3 is 2.68 bits per heavy atom. The van der Waals surface area contributed by atoms with Gasteiger partial charge in [-0.25, -0.2) is 4.79 Å². The maximum absolute atomic E-state index is 13.0. The van der Waals surface area contributed by atoms with Gasteiger partial charge in [0.2, 0.25) is 17.7 Å². The fourth-order valence-electron chi connectivity index (χ4n) is 4.57. The van der Waals surface area contributed by atoms with Crippen LogP contribution in [0.15, 0.2) is 41.8 Å². The van der Waals surface area contributed by atoms with Gasteiger partial charge in [-0.2, -0.15) is 0 Å². The van der Waals surface area contributed by atoms with Gasteiger partial charge in [0.15, 0.2) is 0 Å². The quantitative estimate of drug-likeness (QED) is 0.234. The Morgan fingerprint density at radius 2 is 1.95 bits per heavy atom. The summed E-state index contributed by atoms with van der Waals surface area (Å²) in [5.74, 6) is -0.456. The van der Waals surface area contributed by atoms with Gasteiger partial charge in [0.05, 0.1) is 26.1 Å². The predicted molar refractivity (Wildman–Crippen MR) is 135 cm³/mol. The Labute approximate surface area is 217 Å². The van der Waals surface area contributed by atoms with Crippen LogP contribution in [0.1, 0.15) is 36.6 Å². The molecule has 196 valence electrons. The zero-order valence-electron chi connectivity index (χ0n) is 20.3. The summed E-state index contributed by atoms with van der Waals surface area (Å²) in [5, 5.41) is 25.6. The number of amides is 4. The van der Waals surface area contributed by atoms with E-state index in [4.69, 9.17) is 15.3 Å². The van der Waals surface area contributed by atoms with Gasteiger partial charge in [0.25, 0.3) is 0 Å². The van der Waals surface area contributed by atoms with E-state index in [9.17, 15) is 19.2 Å². The molecule has 1 aliphatic heterocycles. The molecule has 1 saturated carbocycles. The van der Waals surface area contributed by atoms with Crippen molar-refractivity contribution in [3.05, 3.63) is 52.2 Å². The molecule has 0 radical (unpaired) electrons. The second-order valence-corrected chi connectivity index (χ2v) is 10.4. The third kappa shape index (κ3) is 6.45. The number of fused-ring (bicyclic) bond motifs is 1. The van der Waals surface area contributed by atoms with Gasteiger partial charge in [-0.05, 0) is 36.5 Å². The lowest BCUT2D eigenvalue weighted by Crippen LogP contribution is -2.50. The van der Waals surface area contributed by atoms with E-state index in [0.717, 1.165) is 11.3 Å². The van der Waals surface area contributed by atoms with Crippen molar-refractivity contribution in [3.63, 3.8) is 0 Å². The molecule has 2 fully saturated rings. The minimum absolute atomic E-state index is 0.0232. The number of likely N-dealkylation sites (tertiary alicyclic amines) is 1. The number of nitrogens with one attached hydrogen (secondary N) is 4. The molecule has 4 amide bonds. The molecule has 1 aromatic carbocycles. The van der Waals surface area contributed by atoms with Gasteiger partial charge < -0.3 is 25.4 Å². The average molecular weight is 528 g/mol. The number of piperidine rings is 1. The lowest BCUT2D eigenvalue weighted by molar-refractivity contribution is -0.140. The van der Waals surface area contributed by atoms with Gasteiger partial charge in [0, 0.05) is 21.9 Å². The van der Waals surface area contributed by atoms with Crippen LogP contribution in [0.2, 0.25) is 0 Å². The molecule has 2 aliphatic rings. The van der Waals surface area contributed by atoms with Gasteiger partial charge in [-0.15, -0.1) is 11.3 Å². The fraction of sp³-hybridized carbons (Fsp3) is 0.400. The van der Waals surface area contributed by atoms with Crippen LogP contribution >= 0.6 is 11.3 Å². The van der Waals surface area contributed by atoms with Crippen LogP contribution in [-0.2, 0) is 20.9 Å². The van der Waals surface area contributed by atoms with Crippen LogP contribution in [0.4, 0.5) is 4.79 Å². The highest BCUT2D eigenvalue weighted by Gasteiger charge is 2.64. The monoisotopic (exact) mass is 527 g/mol. The standard InChI is InChI=1S/C25H29N5O6S/c1-25-10-18(23(33)28-12-17-9-15(14-37-17)22(26)29-24(34)35)30(19(25)11-25)21(32)13-27-20(31)7-8-36-16-5-3-2-4-6-16/h2-6,9,14,18-19H,7-8,10-13H2,1H3,(H2,26,29)(H,27,31)(H,28,33)(H,34,35)/t18-,19-,25+/m0/s1. The summed E-state index contributed by atoms with van der Waals surface area (Å²) in [7, 11) is 0. The van der Waals surface area contributed by atoms with Crippen molar-refractivity contribution in [3.8, 4) is 5.75 Å². The lowest BCUT2D eigenvalue weighted by Gasteiger charge is -2.27. The molecular formula is C25H29N5O6S. The Hall–Kier alpha value is -3.93. The molecule has 11 nitrogen and oxygen atoms in total. The van der Waals surface area contributed by atoms with Gasteiger partial charge in [-0.3, -0.25) is 25.1 Å². The zero-order chi connectivity index (χ0) is 26.6. The summed E-state index contributed by atoms with van der Waals surface area (Å²) in [4.78, 5) is 51.3. The van der Waals surface area contributed by atoms with E-state index in [-0.39, 0.29) is 61.1 Å². The molecule has 1 saturated heterocycles. The largest absolute Gasteiger partial charge is 0.493 e. The van der Waals surface area contributed by atoms with Crippen LogP contribution in [0, 0.1) is 10.8 Å². The Morgan fingerprint density at radius 1 is 1.19 bits per heavy atom. The number of hydrogen-bond donors (Lipinski definition) is 5. The third-order valence-corrected chi connectivity index (χ3v) is 7.55. The number of ether oxygens (including phenoxy) is 1. The Kier molecular flexibility index (Phi) is 7.77. The Balaban J connectivity index is 1.25. The lowest BCUT2D eigenvalue weighted by atomic mass is 10.0. The molecule has 37 heavy (non-hydrogen) atoms. The molecular weight excluding hydrogens is 498 g/mol. The van der Waals surface area contributed by atoms with Crippen molar-refractivity contribution in [2.24, 2.45) is 5.41 Å². The van der Waals surface area contributed by atoms with Crippen molar-refractivity contribution < 1.29 is 29.0 Å². The van der Waals surface area contributed by atoms with E-state index < -0.39 is 12.1 Å². The first-order valence-corrected chi connectivity index (χ1v) is 12.7. The molecule has 0 unspecified atom stereocenters. The molecule has 2 heterocycles. The summed E-state index contributed by atoms with van der Waals surface area (Å²) in [6.45, 7) is 2.25. The first-order chi connectivity index (χ1) is 17.7. The van der Waals surface area contributed by atoms with Crippen molar-refractivity contribution >= 4 is 41.0 Å². The third-order valence-electron chi connectivity index (χ3n) is 6.61. The second-order valence-electron chi connectivity index (χ2n) is 9.41. The maximum atomic E-state index is 13.0. The number of amidine groups is 1. The summed E-state index contributed by atoms with van der Waals surface area (Å²) >= 11 is 1.29. The van der Waals surface area contributed by atoms with Gasteiger partial charge >= 0.3 is 6.09 Å². The highest BCUT2D eigenvalue weighted by molar-refractivity contribution is 7.10. The molecule has 12 heteroatoms. The van der Waals surface area contributed by atoms with E-state index in [2.05, 4.69) is 17.6 Å². The minimum atomic E-state index is -1.32. The van der Waals surface area contributed by atoms with E-state index in [1.54, 1.807) is 28.5 Å². The van der Waals surface area contributed by atoms with Crippen molar-refractivity contribution in [2.45, 2.75) is 44.8 Å². The fourth-order valence-corrected chi connectivity index (χ4v) is 5.38. The van der Waals surface area contributed by atoms with E-state index in [0.29, 0.717) is 17.7 Å². The number of hydrogen-bond acceptors (Lipinski definition) is 7. The van der Waals surface area contributed by atoms with Crippen molar-refractivity contribution in [2.75, 3.05) is 13.2 Å². The van der Waals surface area contributed by atoms with Crippen LogP contribution in [0.25, 0.3) is 0 Å². The van der Waals surface area contributed by atoms with Gasteiger partial charge in [-0.1, -0.05) is 25.1 Å². The molecule has 0 spiro atoms. The topological polar surface area (TPSA) is 161 Å². The summed E-state index contributed by atoms with van der Waals surface area (Å²) in [6, 6.07) is 10.1. The molecule has 5 N–H and O–H groups in total. The number of benzene rings is 1. The van der Waals surface area contributed by atoms with Crippen LogP contribution < -0.4 is 20.7 Å². The first kappa shape index (κ1) is 26.1. The number of rotatable bonds is 10. The number of carbonyl (C=O) groups is 4. The number of carboxylic acid groups (broad SMARTS) is 1. The summed E-state index contributed by atoms with van der Waals surface area (Å²) < 4.78 is 5.51. The molecule has 4 rings (SSSR count). The number of nitrogens with zero attached hydrogens (tertiary/aromatic N) is 1. The minimum Gasteiger partial charge on any atom is -0.493 e. The number of thiophene rings is 1. The highest BCUT2D eigenvalue weighted by atomic mass is 32.1. The predicted octanol–water partition coefficient (Wildman–Crippen LogP) is 1.92. The molecule has 0 bridgehead atoms. The summed E-state index contributed by atoms with van der Waals surface area (Å²) in [6.07, 6.45) is 0.168. The van der Waals surface area contributed by atoms with E-state index >= 15 is 0 Å². The average Bonchev–Trinajstić information content (AvgIpc) is 3.19. The first-order valence-electron chi connectivity index (χ1n) is 11.9. The normalized spacial score (nSPS) is 21.5. The number of carbonyl (C=O) groups excluding carboxylic acids is 3. The smallest absolute Gasteiger partial charge is 0.410 e. The van der Waals surface area contributed by atoms with E-state index in [1.807, 2.05) is 23.5 Å². The maximum Gasteiger partial charge on any atom is 0.410 e.